The van der Waals surface area contributed by atoms with Crippen LogP contribution in [0.3, 0.4) is 0 Å². The van der Waals surface area contributed by atoms with Gasteiger partial charge in [-0.15, -0.1) is 0 Å². The molecule has 106 valence electrons. The number of nitrogens with zero attached hydrogens (tertiary/aromatic N) is 2. The molecule has 5 heteroatoms. The van der Waals surface area contributed by atoms with Crippen molar-refractivity contribution in [1.29, 1.82) is 0 Å². The van der Waals surface area contributed by atoms with Gasteiger partial charge in [0.05, 0.1) is 18.1 Å². The number of carbonyl (C=O) groups is 2. The van der Waals surface area contributed by atoms with E-state index in [0.29, 0.717) is 5.56 Å². The molecule has 1 saturated heterocycles. The average Bonchev–Trinajstić information content (AvgIpc) is 3.12. The summed E-state index contributed by atoms with van der Waals surface area (Å²) in [4.78, 5) is 24.8. The van der Waals surface area contributed by atoms with E-state index >= 15 is 0 Å². The van der Waals surface area contributed by atoms with Gasteiger partial charge in [0.25, 0.3) is 11.8 Å². The second-order valence-electron chi connectivity index (χ2n) is 5.83. The first-order valence-electron chi connectivity index (χ1n) is 7.04. The Morgan fingerprint density at radius 3 is 2.43 bits per heavy atom. The van der Waals surface area contributed by atoms with E-state index in [4.69, 9.17) is 0 Å². The van der Waals surface area contributed by atoms with Gasteiger partial charge in [-0.2, -0.15) is 10.1 Å². The lowest BCUT2D eigenvalue weighted by Gasteiger charge is -2.13. The highest BCUT2D eigenvalue weighted by atomic mass is 16.3. The predicted octanol–water partition coefficient (Wildman–Crippen LogP) is 1.53. The summed E-state index contributed by atoms with van der Waals surface area (Å²) in [7, 11) is 0. The molecule has 4 unspecified atom stereocenters. The molecule has 0 aromatic heterocycles. The van der Waals surface area contributed by atoms with Crippen LogP contribution >= 0.6 is 0 Å². The van der Waals surface area contributed by atoms with Crippen molar-refractivity contribution in [3.8, 4) is 5.75 Å². The molecule has 3 aliphatic rings. The number of imide groups is 1. The molecular weight excluding hydrogens is 268 g/mol. The quantitative estimate of drug-likeness (QED) is 0.508. The fraction of sp³-hybridized carbons (Fsp3) is 0.312. The minimum Gasteiger partial charge on any atom is -0.508 e. The Balaban J connectivity index is 1.60. The maximum Gasteiger partial charge on any atom is 0.254 e. The molecule has 1 aromatic carbocycles. The number of hydrazone groups is 1. The van der Waals surface area contributed by atoms with Gasteiger partial charge in [0, 0.05) is 0 Å². The molecule has 0 spiro atoms. The van der Waals surface area contributed by atoms with E-state index in [-0.39, 0.29) is 41.2 Å². The lowest BCUT2D eigenvalue weighted by atomic mass is 9.85. The van der Waals surface area contributed by atoms with Crippen LogP contribution in [0.25, 0.3) is 0 Å². The summed E-state index contributed by atoms with van der Waals surface area (Å²) >= 11 is 0. The summed E-state index contributed by atoms with van der Waals surface area (Å²) in [6.07, 6.45) is 6.46. The van der Waals surface area contributed by atoms with Crippen molar-refractivity contribution in [3.05, 3.63) is 42.0 Å². The van der Waals surface area contributed by atoms with Crippen LogP contribution in [-0.4, -0.2) is 28.1 Å². The van der Waals surface area contributed by atoms with Crippen LogP contribution in [0.5, 0.6) is 5.75 Å². The van der Waals surface area contributed by atoms with Crippen LogP contribution in [0.2, 0.25) is 0 Å². The third-order valence-corrected chi connectivity index (χ3v) is 4.64. The lowest BCUT2D eigenvalue weighted by molar-refractivity contribution is -0.140. The van der Waals surface area contributed by atoms with Crippen molar-refractivity contribution in [2.45, 2.75) is 6.42 Å². The van der Waals surface area contributed by atoms with Gasteiger partial charge in [0.15, 0.2) is 0 Å². The molecule has 2 amide bonds. The highest BCUT2D eigenvalue weighted by molar-refractivity contribution is 6.06. The van der Waals surface area contributed by atoms with E-state index < -0.39 is 0 Å². The van der Waals surface area contributed by atoms with Crippen molar-refractivity contribution < 1.29 is 14.7 Å². The first-order valence-corrected chi connectivity index (χ1v) is 7.04. The van der Waals surface area contributed by atoms with Crippen molar-refractivity contribution in [1.82, 2.24) is 5.01 Å². The average molecular weight is 282 g/mol. The van der Waals surface area contributed by atoms with Gasteiger partial charge in [-0.1, -0.05) is 24.3 Å². The summed E-state index contributed by atoms with van der Waals surface area (Å²) < 4.78 is 0. The number of benzene rings is 1. The van der Waals surface area contributed by atoms with E-state index in [1.807, 2.05) is 0 Å². The van der Waals surface area contributed by atoms with Gasteiger partial charge in [-0.3, -0.25) is 9.59 Å². The lowest BCUT2D eigenvalue weighted by Crippen LogP contribution is -2.28. The van der Waals surface area contributed by atoms with Gasteiger partial charge >= 0.3 is 0 Å². The normalized spacial score (nSPS) is 33.4. The third kappa shape index (κ3) is 1.73. The summed E-state index contributed by atoms with van der Waals surface area (Å²) in [6.45, 7) is 0. The number of phenolic OH excluding ortho intramolecular Hbond substituents is 1. The van der Waals surface area contributed by atoms with E-state index in [2.05, 4.69) is 17.3 Å². The van der Waals surface area contributed by atoms with Gasteiger partial charge < -0.3 is 5.11 Å². The maximum atomic E-state index is 12.4. The highest BCUT2D eigenvalue weighted by Crippen LogP contribution is 2.52. The Morgan fingerprint density at radius 2 is 1.81 bits per heavy atom. The predicted molar refractivity (Wildman–Crippen MR) is 75.3 cm³/mol. The van der Waals surface area contributed by atoms with Gasteiger partial charge in [0.2, 0.25) is 0 Å². The fourth-order valence-electron chi connectivity index (χ4n) is 3.73. The van der Waals surface area contributed by atoms with E-state index in [0.717, 1.165) is 11.4 Å². The molecule has 5 nitrogen and oxygen atoms in total. The monoisotopic (exact) mass is 282 g/mol. The molecule has 1 N–H and O–H groups in total. The summed E-state index contributed by atoms with van der Waals surface area (Å²) in [5.41, 5.74) is 0.647. The zero-order chi connectivity index (χ0) is 14.6. The fourth-order valence-corrected chi connectivity index (χ4v) is 3.73. The SMILES string of the molecule is O=C1C2C3C=CC(C3)C2C(=O)N1/N=C/c1cccc(O)c1. The van der Waals surface area contributed by atoms with E-state index in [1.54, 1.807) is 18.2 Å². The topological polar surface area (TPSA) is 70.0 Å². The summed E-state index contributed by atoms with van der Waals surface area (Å²) in [5, 5.41) is 14.5. The molecule has 1 aromatic rings. The third-order valence-electron chi connectivity index (χ3n) is 4.64. The summed E-state index contributed by atoms with van der Waals surface area (Å²) in [5.74, 6) is -0.342. The van der Waals surface area contributed by atoms with Gasteiger partial charge in [-0.05, 0) is 36.0 Å². The molecule has 4 rings (SSSR count). The number of amides is 2. The molecule has 2 aliphatic carbocycles. The first-order chi connectivity index (χ1) is 10.1. The number of phenols is 1. The van der Waals surface area contributed by atoms with Crippen LogP contribution in [0.15, 0.2) is 41.5 Å². The Morgan fingerprint density at radius 1 is 1.14 bits per heavy atom. The second-order valence-corrected chi connectivity index (χ2v) is 5.83. The number of hydrogen-bond acceptors (Lipinski definition) is 4. The molecule has 4 atom stereocenters. The van der Waals surface area contributed by atoms with Crippen LogP contribution in [-0.2, 0) is 9.59 Å². The van der Waals surface area contributed by atoms with Gasteiger partial charge in [0.1, 0.15) is 5.75 Å². The molecule has 1 saturated carbocycles. The number of rotatable bonds is 2. The largest absolute Gasteiger partial charge is 0.508 e. The van der Waals surface area contributed by atoms with Gasteiger partial charge in [-0.25, -0.2) is 0 Å². The molecule has 1 aliphatic heterocycles. The number of fused-ring (bicyclic) bond motifs is 5. The van der Waals surface area contributed by atoms with Crippen molar-refractivity contribution in [2.75, 3.05) is 0 Å². The van der Waals surface area contributed by atoms with Crippen molar-refractivity contribution in [3.63, 3.8) is 0 Å². The number of hydrogen-bond donors (Lipinski definition) is 1. The molecular formula is C16H14N2O3. The maximum absolute atomic E-state index is 12.4. The standard InChI is InChI=1S/C16H14N2O3/c19-12-3-1-2-9(6-12)8-17-18-15(20)13-10-4-5-11(7-10)14(13)16(18)21/h1-6,8,10-11,13-14,19H,7H2/b17-8+. The smallest absolute Gasteiger partial charge is 0.254 e. The molecule has 0 radical (unpaired) electrons. The van der Waals surface area contributed by atoms with Crippen LogP contribution in [0.1, 0.15) is 12.0 Å². The number of carbonyl (C=O) groups excluding carboxylic acids is 2. The number of allylic oxidation sites excluding steroid dienone is 2. The minimum atomic E-state index is -0.228. The van der Waals surface area contributed by atoms with E-state index in [9.17, 15) is 14.7 Å². The Hall–Kier alpha value is -2.43. The molecule has 2 fully saturated rings. The van der Waals surface area contributed by atoms with Crippen LogP contribution in [0.4, 0.5) is 0 Å². The van der Waals surface area contributed by atoms with Crippen LogP contribution in [0, 0.1) is 23.7 Å². The Labute approximate surface area is 121 Å². The zero-order valence-electron chi connectivity index (χ0n) is 11.2. The molecule has 1 heterocycles. The minimum absolute atomic E-state index is 0.122. The second kappa shape index (κ2) is 4.28. The summed E-state index contributed by atoms with van der Waals surface area (Å²) in [6, 6.07) is 6.52. The highest BCUT2D eigenvalue weighted by Gasteiger charge is 2.59. The zero-order valence-corrected chi connectivity index (χ0v) is 11.2. The number of aromatic hydroxyl groups is 1. The Bertz CT molecular complexity index is 665. The molecule has 2 bridgehead atoms. The molecule has 21 heavy (non-hydrogen) atoms. The Kier molecular flexibility index (Phi) is 2.51. The van der Waals surface area contributed by atoms with E-state index in [1.165, 1.54) is 12.3 Å². The first kappa shape index (κ1) is 12.3. The van der Waals surface area contributed by atoms with Crippen molar-refractivity contribution >= 4 is 18.0 Å². The van der Waals surface area contributed by atoms with Crippen LogP contribution < -0.4 is 0 Å². The van der Waals surface area contributed by atoms with Crippen molar-refractivity contribution in [2.24, 2.45) is 28.8 Å².